The minimum Gasteiger partial charge on any atom is -0.351 e. The molecule has 0 saturated carbocycles. The van der Waals surface area contributed by atoms with Crippen molar-refractivity contribution in [1.29, 1.82) is 0 Å². The van der Waals surface area contributed by atoms with Crippen molar-refractivity contribution in [1.82, 2.24) is 5.32 Å². The van der Waals surface area contributed by atoms with Gasteiger partial charge in [-0.15, -0.1) is 0 Å². The summed E-state index contributed by atoms with van der Waals surface area (Å²) in [6, 6.07) is 2.98. The lowest BCUT2D eigenvalue weighted by Gasteiger charge is -2.07. The number of carbonyl (C=O) groups excluding carboxylic acids is 1. The highest BCUT2D eigenvalue weighted by atomic mass is 19.3. The molecule has 0 saturated heterocycles. The summed E-state index contributed by atoms with van der Waals surface area (Å²) in [4.78, 5) is 10.8. The fraction of sp³-hybridized carbons (Fsp3) is 0.300. The van der Waals surface area contributed by atoms with Gasteiger partial charge in [0.1, 0.15) is 5.82 Å². The van der Waals surface area contributed by atoms with Crippen LogP contribution in [-0.2, 0) is 11.3 Å². The van der Waals surface area contributed by atoms with Crippen molar-refractivity contribution in [3.8, 4) is 0 Å². The standard InChI is InChI=1S/C10H11F3N2O/c11-8-2-1-6(10(12)13)3-7(8)5-15-9(16)4-14/h1-3,10H,4-5,14H2,(H,15,16). The van der Waals surface area contributed by atoms with E-state index in [2.05, 4.69) is 5.32 Å². The molecule has 0 heterocycles. The van der Waals surface area contributed by atoms with Crippen LogP contribution in [0.5, 0.6) is 0 Å². The molecular formula is C10H11F3N2O. The molecule has 0 aliphatic rings. The van der Waals surface area contributed by atoms with Crippen LogP contribution < -0.4 is 11.1 Å². The third-order valence-corrected chi connectivity index (χ3v) is 1.98. The summed E-state index contributed by atoms with van der Waals surface area (Å²) in [6.07, 6.45) is -2.66. The molecule has 0 aromatic heterocycles. The summed E-state index contributed by atoms with van der Waals surface area (Å²) < 4.78 is 37.8. The molecule has 16 heavy (non-hydrogen) atoms. The lowest BCUT2D eigenvalue weighted by molar-refractivity contribution is -0.119. The Morgan fingerprint density at radius 1 is 1.44 bits per heavy atom. The van der Waals surface area contributed by atoms with Crippen LogP contribution >= 0.6 is 0 Å². The van der Waals surface area contributed by atoms with Gasteiger partial charge in [-0.3, -0.25) is 4.79 Å². The molecule has 1 aromatic carbocycles. The van der Waals surface area contributed by atoms with Gasteiger partial charge >= 0.3 is 0 Å². The molecule has 0 fully saturated rings. The molecule has 0 radical (unpaired) electrons. The summed E-state index contributed by atoms with van der Waals surface area (Å²) in [5.74, 6) is -1.11. The van der Waals surface area contributed by atoms with E-state index in [1.54, 1.807) is 0 Å². The number of amides is 1. The number of hydrogen-bond donors (Lipinski definition) is 2. The van der Waals surface area contributed by atoms with Crippen molar-refractivity contribution < 1.29 is 18.0 Å². The van der Waals surface area contributed by atoms with E-state index in [1.165, 1.54) is 0 Å². The SMILES string of the molecule is NCC(=O)NCc1cc(C(F)F)ccc1F. The number of carbonyl (C=O) groups is 1. The van der Waals surface area contributed by atoms with Gasteiger partial charge in [-0.05, 0) is 12.1 Å². The zero-order valence-corrected chi connectivity index (χ0v) is 8.34. The predicted molar refractivity (Wildman–Crippen MR) is 52.3 cm³/mol. The van der Waals surface area contributed by atoms with Gasteiger partial charge in [-0.25, -0.2) is 13.2 Å². The Balaban J connectivity index is 2.78. The van der Waals surface area contributed by atoms with Crippen LogP contribution in [0.15, 0.2) is 18.2 Å². The Bertz CT molecular complexity index is 382. The zero-order valence-electron chi connectivity index (χ0n) is 8.34. The van der Waals surface area contributed by atoms with Gasteiger partial charge in [-0.1, -0.05) is 6.07 Å². The Morgan fingerprint density at radius 2 is 2.12 bits per heavy atom. The van der Waals surface area contributed by atoms with Crippen LogP contribution in [0.25, 0.3) is 0 Å². The van der Waals surface area contributed by atoms with Gasteiger partial charge in [0.15, 0.2) is 0 Å². The molecule has 88 valence electrons. The highest BCUT2D eigenvalue weighted by Gasteiger charge is 2.11. The molecule has 1 aromatic rings. The molecule has 1 amide bonds. The number of nitrogens with one attached hydrogen (secondary N) is 1. The molecule has 1 rings (SSSR count). The zero-order chi connectivity index (χ0) is 12.1. The molecular weight excluding hydrogens is 221 g/mol. The molecule has 0 bridgehead atoms. The predicted octanol–water partition coefficient (Wildman–Crippen LogP) is 1.34. The molecule has 6 heteroatoms. The van der Waals surface area contributed by atoms with Crippen molar-refractivity contribution in [3.63, 3.8) is 0 Å². The second-order valence-corrected chi connectivity index (χ2v) is 3.13. The summed E-state index contributed by atoms with van der Waals surface area (Å²) in [6.45, 7) is -0.376. The van der Waals surface area contributed by atoms with Crippen molar-refractivity contribution in [2.24, 2.45) is 5.73 Å². The molecule has 3 N–H and O–H groups in total. The molecule has 3 nitrogen and oxygen atoms in total. The maximum Gasteiger partial charge on any atom is 0.263 e. The first-order chi connectivity index (χ1) is 7.54. The second-order valence-electron chi connectivity index (χ2n) is 3.13. The fourth-order valence-electron chi connectivity index (χ4n) is 1.13. The average molecular weight is 232 g/mol. The molecule has 0 atom stereocenters. The number of benzene rings is 1. The average Bonchev–Trinajstić information content (AvgIpc) is 2.27. The normalized spacial score (nSPS) is 10.6. The van der Waals surface area contributed by atoms with Crippen LogP contribution in [0, 0.1) is 5.82 Å². The minimum atomic E-state index is -2.66. The topological polar surface area (TPSA) is 55.1 Å². The Labute approximate surface area is 90.4 Å². The third kappa shape index (κ3) is 3.23. The van der Waals surface area contributed by atoms with E-state index in [0.29, 0.717) is 0 Å². The number of halogens is 3. The molecule has 0 aliphatic carbocycles. The largest absolute Gasteiger partial charge is 0.351 e. The van der Waals surface area contributed by atoms with E-state index in [4.69, 9.17) is 5.73 Å². The number of hydrogen-bond acceptors (Lipinski definition) is 2. The summed E-state index contributed by atoms with van der Waals surface area (Å²) >= 11 is 0. The molecule has 0 spiro atoms. The van der Waals surface area contributed by atoms with Gasteiger partial charge in [0, 0.05) is 17.7 Å². The van der Waals surface area contributed by atoms with Crippen LogP contribution in [0.3, 0.4) is 0 Å². The van der Waals surface area contributed by atoms with Crippen LogP contribution in [0.2, 0.25) is 0 Å². The quantitative estimate of drug-likeness (QED) is 0.823. The lowest BCUT2D eigenvalue weighted by Crippen LogP contribution is -2.30. The smallest absolute Gasteiger partial charge is 0.263 e. The Hall–Kier alpha value is -1.56. The lowest BCUT2D eigenvalue weighted by atomic mass is 10.1. The summed E-state index contributed by atoms with van der Waals surface area (Å²) in [5.41, 5.74) is 4.76. The van der Waals surface area contributed by atoms with E-state index in [-0.39, 0.29) is 24.2 Å². The first-order valence-electron chi connectivity index (χ1n) is 4.58. The van der Waals surface area contributed by atoms with Crippen LogP contribution in [0.1, 0.15) is 17.6 Å². The minimum absolute atomic E-state index is 0.0135. The first kappa shape index (κ1) is 12.5. The van der Waals surface area contributed by atoms with Gasteiger partial charge < -0.3 is 11.1 Å². The number of rotatable bonds is 4. The Kier molecular flexibility index (Phi) is 4.30. The van der Waals surface area contributed by atoms with Crippen LogP contribution in [-0.4, -0.2) is 12.5 Å². The highest BCUT2D eigenvalue weighted by molar-refractivity contribution is 5.77. The number of alkyl halides is 2. The van der Waals surface area contributed by atoms with E-state index in [9.17, 15) is 18.0 Å². The van der Waals surface area contributed by atoms with Gasteiger partial charge in [0.05, 0.1) is 6.54 Å². The van der Waals surface area contributed by atoms with Gasteiger partial charge in [-0.2, -0.15) is 0 Å². The van der Waals surface area contributed by atoms with E-state index < -0.39 is 18.1 Å². The third-order valence-electron chi connectivity index (χ3n) is 1.98. The fourth-order valence-corrected chi connectivity index (χ4v) is 1.13. The maximum atomic E-state index is 13.2. The van der Waals surface area contributed by atoms with E-state index >= 15 is 0 Å². The summed E-state index contributed by atoms with van der Waals surface area (Å²) in [5, 5.41) is 2.31. The maximum absolute atomic E-state index is 13.2. The van der Waals surface area contributed by atoms with E-state index in [1.807, 2.05) is 0 Å². The monoisotopic (exact) mass is 232 g/mol. The van der Waals surface area contributed by atoms with Gasteiger partial charge in [0.25, 0.3) is 6.43 Å². The van der Waals surface area contributed by atoms with Gasteiger partial charge in [0.2, 0.25) is 5.91 Å². The van der Waals surface area contributed by atoms with Crippen molar-refractivity contribution in [3.05, 3.63) is 35.1 Å². The Morgan fingerprint density at radius 3 is 2.69 bits per heavy atom. The molecule has 0 aliphatic heterocycles. The highest BCUT2D eigenvalue weighted by Crippen LogP contribution is 2.21. The second kappa shape index (κ2) is 5.50. The number of nitrogens with two attached hydrogens (primary N) is 1. The van der Waals surface area contributed by atoms with Crippen molar-refractivity contribution in [2.45, 2.75) is 13.0 Å². The van der Waals surface area contributed by atoms with Crippen LogP contribution in [0.4, 0.5) is 13.2 Å². The first-order valence-corrected chi connectivity index (χ1v) is 4.58. The van der Waals surface area contributed by atoms with Crippen molar-refractivity contribution >= 4 is 5.91 Å². The summed E-state index contributed by atoms with van der Waals surface area (Å²) in [7, 11) is 0. The van der Waals surface area contributed by atoms with E-state index in [0.717, 1.165) is 18.2 Å². The van der Waals surface area contributed by atoms with Crippen molar-refractivity contribution in [2.75, 3.05) is 6.54 Å². The molecule has 0 unspecified atom stereocenters.